The molecule has 2 atom stereocenters. The van der Waals surface area contributed by atoms with Crippen LogP contribution in [0.4, 0.5) is 11.4 Å². The Kier molecular flexibility index (Phi) is 7.73. The average molecular weight is 392 g/mol. The van der Waals surface area contributed by atoms with E-state index < -0.39 is 10.8 Å². The molecule has 0 aromatic heterocycles. The van der Waals surface area contributed by atoms with Crippen molar-refractivity contribution < 1.29 is 24.1 Å². The molecule has 0 unspecified atom stereocenters. The number of non-ortho nitro benzene ring substituents is 1. The zero-order chi connectivity index (χ0) is 20.5. The summed E-state index contributed by atoms with van der Waals surface area (Å²) in [5, 5.41) is 19.6. The number of nitrogens with zero attached hydrogens (tertiary/aromatic N) is 2. The van der Waals surface area contributed by atoms with E-state index in [4.69, 9.17) is 9.57 Å². The first-order valence-electron chi connectivity index (χ1n) is 8.98. The first-order valence-corrected chi connectivity index (χ1v) is 8.98. The number of ether oxygens (including phenoxy) is 1. The van der Waals surface area contributed by atoms with Gasteiger partial charge in [-0.05, 0) is 24.8 Å². The Hall–Kier alpha value is -3.17. The van der Waals surface area contributed by atoms with Crippen molar-refractivity contribution in [3.8, 4) is 5.75 Å². The highest BCUT2D eigenvalue weighted by molar-refractivity contribution is 6.31. The molecule has 0 bridgehead atoms. The van der Waals surface area contributed by atoms with Crippen LogP contribution in [-0.4, -0.2) is 42.7 Å². The Bertz CT molecular complexity index is 752. The Morgan fingerprint density at radius 1 is 1.36 bits per heavy atom. The molecule has 1 saturated carbocycles. The lowest BCUT2D eigenvalue weighted by Crippen LogP contribution is -2.42. The molecule has 1 fully saturated rings. The van der Waals surface area contributed by atoms with Gasteiger partial charge >= 0.3 is 0 Å². The molecule has 2 rings (SSSR count). The number of anilines is 1. The van der Waals surface area contributed by atoms with Crippen LogP contribution in [0.1, 0.15) is 32.6 Å². The van der Waals surface area contributed by atoms with E-state index in [1.165, 1.54) is 31.7 Å². The molecule has 10 heteroatoms. The number of hydrogen-bond donors (Lipinski definition) is 2. The SMILES string of the molecule is COc1cc([N+](=O)[O-])ccc1NC(=O)/C=N\OCC(=O)N[C@@H]1CCCC[C@@H]1C. The Labute approximate surface area is 162 Å². The fraction of sp³-hybridized carbons (Fsp3) is 0.500. The van der Waals surface area contributed by atoms with Gasteiger partial charge in [0.15, 0.2) is 6.61 Å². The number of nitro groups is 1. The number of amides is 2. The van der Waals surface area contributed by atoms with E-state index >= 15 is 0 Å². The molecule has 0 spiro atoms. The van der Waals surface area contributed by atoms with Crippen LogP contribution in [0.2, 0.25) is 0 Å². The molecule has 0 aliphatic heterocycles. The largest absolute Gasteiger partial charge is 0.494 e. The molecular weight excluding hydrogens is 368 g/mol. The third kappa shape index (κ3) is 6.22. The molecule has 0 saturated heterocycles. The van der Waals surface area contributed by atoms with Crippen molar-refractivity contribution in [3.63, 3.8) is 0 Å². The molecule has 28 heavy (non-hydrogen) atoms. The summed E-state index contributed by atoms with van der Waals surface area (Å²) in [4.78, 5) is 38.8. The van der Waals surface area contributed by atoms with Crippen LogP contribution in [0.3, 0.4) is 0 Å². The number of carbonyl (C=O) groups is 2. The van der Waals surface area contributed by atoms with Crippen molar-refractivity contribution in [1.29, 1.82) is 0 Å². The first kappa shape index (κ1) is 21.1. The van der Waals surface area contributed by atoms with Crippen LogP contribution in [0.25, 0.3) is 0 Å². The maximum Gasteiger partial charge on any atom is 0.273 e. The van der Waals surface area contributed by atoms with Crippen molar-refractivity contribution >= 4 is 29.4 Å². The monoisotopic (exact) mass is 392 g/mol. The summed E-state index contributed by atoms with van der Waals surface area (Å²) in [7, 11) is 1.33. The number of carbonyl (C=O) groups excluding carboxylic acids is 2. The molecule has 1 aromatic rings. The molecule has 0 heterocycles. The van der Waals surface area contributed by atoms with Crippen molar-refractivity contribution in [1.82, 2.24) is 5.32 Å². The second kappa shape index (κ2) is 10.2. The van der Waals surface area contributed by atoms with Gasteiger partial charge in [0, 0.05) is 12.1 Å². The van der Waals surface area contributed by atoms with E-state index in [0.29, 0.717) is 5.92 Å². The minimum absolute atomic E-state index is 0.137. The lowest BCUT2D eigenvalue weighted by atomic mass is 9.86. The first-order chi connectivity index (χ1) is 13.4. The van der Waals surface area contributed by atoms with E-state index in [-0.39, 0.29) is 35.7 Å². The predicted octanol–water partition coefficient (Wildman–Crippen LogP) is 2.24. The third-order valence-corrected chi connectivity index (χ3v) is 4.55. The van der Waals surface area contributed by atoms with E-state index in [9.17, 15) is 19.7 Å². The van der Waals surface area contributed by atoms with Gasteiger partial charge in [-0.1, -0.05) is 24.9 Å². The fourth-order valence-corrected chi connectivity index (χ4v) is 3.02. The number of methoxy groups -OCH3 is 1. The fourth-order valence-electron chi connectivity index (χ4n) is 3.02. The van der Waals surface area contributed by atoms with Gasteiger partial charge in [0.05, 0.1) is 23.8 Å². The predicted molar refractivity (Wildman–Crippen MR) is 102 cm³/mol. The van der Waals surface area contributed by atoms with E-state index in [1.807, 2.05) is 0 Å². The second-order valence-electron chi connectivity index (χ2n) is 6.57. The number of nitro benzene ring substituents is 1. The molecule has 152 valence electrons. The number of oxime groups is 1. The van der Waals surface area contributed by atoms with Crippen molar-refractivity contribution in [3.05, 3.63) is 28.3 Å². The molecule has 2 N–H and O–H groups in total. The smallest absolute Gasteiger partial charge is 0.273 e. The zero-order valence-electron chi connectivity index (χ0n) is 15.8. The maximum absolute atomic E-state index is 11.9. The lowest BCUT2D eigenvalue weighted by Gasteiger charge is -2.29. The van der Waals surface area contributed by atoms with Crippen molar-refractivity contribution in [2.75, 3.05) is 19.0 Å². The van der Waals surface area contributed by atoms with E-state index in [0.717, 1.165) is 25.5 Å². The van der Waals surface area contributed by atoms with Crippen LogP contribution in [0, 0.1) is 16.0 Å². The molecule has 1 aliphatic carbocycles. The number of hydrogen-bond acceptors (Lipinski definition) is 7. The number of rotatable bonds is 8. The molecule has 10 nitrogen and oxygen atoms in total. The summed E-state index contributed by atoms with van der Waals surface area (Å²) < 4.78 is 5.03. The summed E-state index contributed by atoms with van der Waals surface area (Å²) >= 11 is 0. The lowest BCUT2D eigenvalue weighted by molar-refractivity contribution is -0.384. The second-order valence-corrected chi connectivity index (χ2v) is 6.57. The van der Waals surface area contributed by atoms with Crippen LogP contribution >= 0.6 is 0 Å². The topological polar surface area (TPSA) is 132 Å². The summed E-state index contributed by atoms with van der Waals surface area (Å²) in [6.45, 7) is 1.83. The molecule has 2 amide bonds. The van der Waals surface area contributed by atoms with Gasteiger partial charge in [0.2, 0.25) is 0 Å². The standard InChI is InChI=1S/C18H24N4O6/c1-12-5-3-4-6-14(12)20-18(24)11-28-19-10-17(23)21-15-8-7-13(22(25)26)9-16(15)27-2/h7-10,12,14H,3-6,11H2,1-2H3,(H,20,24)(H,21,23)/b19-10-/t12-,14+/m0/s1. The van der Waals surface area contributed by atoms with Crippen LogP contribution < -0.4 is 15.4 Å². The Balaban J connectivity index is 1.79. The van der Waals surface area contributed by atoms with Gasteiger partial charge in [-0.25, -0.2) is 0 Å². The summed E-state index contributed by atoms with van der Waals surface area (Å²) in [5.41, 5.74) is 0.0822. The maximum atomic E-state index is 11.9. The van der Waals surface area contributed by atoms with Gasteiger partial charge in [-0.2, -0.15) is 0 Å². The van der Waals surface area contributed by atoms with Crippen LogP contribution in [-0.2, 0) is 14.4 Å². The van der Waals surface area contributed by atoms with Gasteiger partial charge in [-0.3, -0.25) is 19.7 Å². The summed E-state index contributed by atoms with van der Waals surface area (Å²) in [6, 6.07) is 3.93. The van der Waals surface area contributed by atoms with Gasteiger partial charge in [-0.15, -0.1) is 0 Å². The summed E-state index contributed by atoms with van der Waals surface area (Å²) in [6.07, 6.45) is 5.20. The van der Waals surface area contributed by atoms with E-state index in [2.05, 4.69) is 22.7 Å². The van der Waals surface area contributed by atoms with Gasteiger partial charge in [0.25, 0.3) is 17.5 Å². The van der Waals surface area contributed by atoms with E-state index in [1.54, 1.807) is 0 Å². The highest BCUT2D eigenvalue weighted by Crippen LogP contribution is 2.28. The highest BCUT2D eigenvalue weighted by Gasteiger charge is 2.22. The summed E-state index contributed by atoms with van der Waals surface area (Å²) in [5.74, 6) is -0.344. The molecule has 1 aromatic carbocycles. The molecule has 0 radical (unpaired) electrons. The molecular formula is C18H24N4O6. The third-order valence-electron chi connectivity index (χ3n) is 4.55. The average Bonchev–Trinajstić information content (AvgIpc) is 2.67. The zero-order valence-corrected chi connectivity index (χ0v) is 15.8. The quantitative estimate of drug-likeness (QED) is 0.396. The minimum atomic E-state index is -0.631. The Morgan fingerprint density at radius 2 is 2.11 bits per heavy atom. The number of nitrogens with one attached hydrogen (secondary N) is 2. The van der Waals surface area contributed by atoms with Crippen molar-refractivity contribution in [2.45, 2.75) is 38.6 Å². The molecule has 1 aliphatic rings. The number of benzene rings is 1. The van der Waals surface area contributed by atoms with Gasteiger partial charge in [0.1, 0.15) is 12.0 Å². The normalized spacial score (nSPS) is 19.1. The Morgan fingerprint density at radius 3 is 2.79 bits per heavy atom. The minimum Gasteiger partial charge on any atom is -0.494 e. The van der Waals surface area contributed by atoms with Crippen molar-refractivity contribution in [2.24, 2.45) is 11.1 Å². The van der Waals surface area contributed by atoms with Gasteiger partial charge < -0.3 is 20.2 Å². The van der Waals surface area contributed by atoms with Crippen LogP contribution in [0.15, 0.2) is 23.4 Å². The van der Waals surface area contributed by atoms with Crippen LogP contribution in [0.5, 0.6) is 5.75 Å². The highest BCUT2D eigenvalue weighted by atomic mass is 16.6.